The molecule has 0 fully saturated rings. The number of ether oxygens (including phenoxy) is 3. The molecule has 0 aromatic rings. The van der Waals surface area contributed by atoms with E-state index in [2.05, 4.69) is 15.2 Å². The van der Waals surface area contributed by atoms with Gasteiger partial charge in [-0.15, -0.1) is 0 Å². The van der Waals surface area contributed by atoms with Crippen molar-refractivity contribution in [2.45, 2.75) is 76.3 Å². The molecular formula is C25H53N9O15. The highest BCUT2D eigenvalue weighted by molar-refractivity contribution is 5.87. The Bertz CT molecular complexity index is 987. The van der Waals surface area contributed by atoms with E-state index in [0.29, 0.717) is 13.0 Å². The van der Waals surface area contributed by atoms with Crippen molar-refractivity contribution < 1.29 is 73.0 Å². The average Bonchev–Trinajstić information content (AvgIpc) is 3.03. The third kappa shape index (κ3) is 39.7. The van der Waals surface area contributed by atoms with E-state index in [4.69, 9.17) is 71.0 Å². The maximum atomic E-state index is 11.4. The van der Waals surface area contributed by atoms with Crippen LogP contribution in [-0.2, 0) is 52.6 Å². The lowest BCUT2D eigenvalue weighted by atomic mass is 10.1. The van der Waals surface area contributed by atoms with E-state index in [1.807, 2.05) is 0 Å². The van der Waals surface area contributed by atoms with Crippen LogP contribution >= 0.6 is 0 Å². The van der Waals surface area contributed by atoms with Crippen LogP contribution in [0.1, 0.15) is 40.0 Å². The molecule has 0 saturated heterocycles. The Hall–Kier alpha value is -4.40. The molecule has 288 valence electrons. The molecule has 6 atom stereocenters. The Labute approximate surface area is 281 Å². The van der Waals surface area contributed by atoms with Crippen molar-refractivity contribution in [2.75, 3.05) is 32.8 Å². The van der Waals surface area contributed by atoms with E-state index in [-0.39, 0.29) is 19.6 Å². The Kier molecular flexibility index (Phi) is 37.0. The first-order chi connectivity index (χ1) is 22.5. The van der Waals surface area contributed by atoms with Crippen molar-refractivity contribution in [2.24, 2.45) is 51.6 Å². The van der Waals surface area contributed by atoms with Gasteiger partial charge in [-0.2, -0.15) is 0 Å². The average molecular weight is 720 g/mol. The van der Waals surface area contributed by atoms with Crippen LogP contribution in [0.25, 0.3) is 0 Å². The maximum Gasteiger partial charge on any atom is 0.327 e. The van der Waals surface area contributed by atoms with Crippen LogP contribution in [0.15, 0.2) is 0 Å². The molecule has 0 rings (SSSR count). The van der Waals surface area contributed by atoms with Crippen molar-refractivity contribution in [3.05, 3.63) is 0 Å². The first-order valence-electron chi connectivity index (χ1n) is 14.1. The van der Waals surface area contributed by atoms with Crippen molar-refractivity contribution in [1.29, 1.82) is 0 Å². The molecule has 24 heteroatoms. The first-order valence-corrected chi connectivity index (χ1v) is 14.1. The third-order valence-electron chi connectivity index (χ3n) is 4.58. The van der Waals surface area contributed by atoms with Crippen LogP contribution in [0.3, 0.4) is 0 Å². The van der Waals surface area contributed by atoms with Gasteiger partial charge in [0.1, 0.15) is 42.9 Å². The molecule has 0 amide bonds. The summed E-state index contributed by atoms with van der Waals surface area (Å²) in [7, 11) is 0. The zero-order valence-corrected chi connectivity index (χ0v) is 27.6. The third-order valence-corrected chi connectivity index (χ3v) is 4.58. The number of esters is 4. The van der Waals surface area contributed by atoms with E-state index >= 15 is 0 Å². The highest BCUT2D eigenvalue weighted by Crippen LogP contribution is 2.00. The fourth-order valence-electron chi connectivity index (χ4n) is 1.76. The lowest BCUT2D eigenvalue weighted by Gasteiger charge is -2.19. The molecule has 0 unspecified atom stereocenters. The molecule has 0 aromatic heterocycles. The minimum Gasteiger partial charge on any atom is -0.480 e. The van der Waals surface area contributed by atoms with Crippen molar-refractivity contribution in [3.63, 3.8) is 0 Å². The molecule has 0 spiro atoms. The lowest BCUT2D eigenvalue weighted by molar-refractivity contribution is -0.159. The molecule has 0 aliphatic carbocycles. The molecule has 0 aliphatic rings. The molecule has 24 nitrogen and oxygen atoms in total. The minimum absolute atomic E-state index is 0.278. The molecule has 0 aromatic carbocycles. The van der Waals surface area contributed by atoms with Crippen molar-refractivity contribution in [3.8, 4) is 0 Å². The Morgan fingerprint density at radius 3 is 1.31 bits per heavy atom. The van der Waals surface area contributed by atoms with Crippen LogP contribution < -0.4 is 51.6 Å². The number of carboxylic acid groups (broad SMARTS) is 4. The molecule has 0 aliphatic heterocycles. The predicted octanol–water partition coefficient (Wildman–Crippen LogP) is -6.50. The van der Waals surface area contributed by atoms with Gasteiger partial charge in [0.25, 0.3) is 0 Å². The van der Waals surface area contributed by atoms with Crippen LogP contribution in [0.4, 0.5) is 0 Å². The normalized spacial score (nSPS) is 13.2. The molecule has 49 heavy (non-hydrogen) atoms. The maximum absolute atomic E-state index is 11.4. The number of nitrogens with two attached hydrogens (primary N) is 9. The van der Waals surface area contributed by atoms with Gasteiger partial charge in [0.15, 0.2) is 0 Å². The van der Waals surface area contributed by atoms with Crippen LogP contribution in [-0.4, -0.2) is 137 Å². The van der Waals surface area contributed by atoms with Gasteiger partial charge in [-0.1, -0.05) is 6.42 Å². The second kappa shape index (κ2) is 33.5. The molecule has 22 N–H and O–H groups in total. The van der Waals surface area contributed by atoms with E-state index in [0.717, 1.165) is 12.8 Å². The minimum atomic E-state index is -1.36. The van der Waals surface area contributed by atoms with Gasteiger partial charge in [0.2, 0.25) is 0 Å². The summed E-state index contributed by atoms with van der Waals surface area (Å²) in [6.45, 7) is 3.47. The second-order valence-electron chi connectivity index (χ2n) is 9.24. The zero-order chi connectivity index (χ0) is 39.9. The number of carbonyl (C=O) groups is 8. The summed E-state index contributed by atoms with van der Waals surface area (Å²) in [4.78, 5) is 82.3. The summed E-state index contributed by atoms with van der Waals surface area (Å²) < 4.78 is 13.4. The van der Waals surface area contributed by atoms with Gasteiger partial charge >= 0.3 is 47.8 Å². The van der Waals surface area contributed by atoms with E-state index in [9.17, 15) is 38.4 Å². The number of carbonyl (C=O) groups excluding carboxylic acids is 4. The SMILES string of the molecule is C[C@H](N)C(=O)O.C[C@H](N)C(=O)OC[C@H](N)C(=O)O[C@H](C)[C@H](N)C(=O)O.NCC(=O)O.NCC(=O)OC(=O)CN.NCCCC[C@H](N)C(=O)O. The smallest absolute Gasteiger partial charge is 0.327 e. The van der Waals surface area contributed by atoms with Gasteiger partial charge in [-0.25, -0.2) is 0 Å². The van der Waals surface area contributed by atoms with Crippen LogP contribution in [0.2, 0.25) is 0 Å². The fourth-order valence-corrected chi connectivity index (χ4v) is 1.76. The Balaban J connectivity index is -0.000000182. The van der Waals surface area contributed by atoms with E-state index in [1.165, 1.54) is 20.8 Å². The second-order valence-corrected chi connectivity index (χ2v) is 9.24. The highest BCUT2D eigenvalue weighted by Gasteiger charge is 2.27. The van der Waals surface area contributed by atoms with Gasteiger partial charge in [-0.3, -0.25) is 38.4 Å². The molecule has 0 bridgehead atoms. The number of rotatable bonds is 16. The van der Waals surface area contributed by atoms with Crippen LogP contribution in [0.5, 0.6) is 0 Å². The lowest BCUT2D eigenvalue weighted by Crippen LogP contribution is -2.46. The number of hydrogen-bond donors (Lipinski definition) is 13. The topological polar surface area (TPSA) is 479 Å². The summed E-state index contributed by atoms with van der Waals surface area (Å²) in [5, 5.41) is 32.4. The summed E-state index contributed by atoms with van der Waals surface area (Å²) >= 11 is 0. The van der Waals surface area contributed by atoms with Gasteiger partial charge in [0.05, 0.1) is 19.6 Å². The van der Waals surface area contributed by atoms with Gasteiger partial charge < -0.3 is 86.2 Å². The standard InChI is InChI=1S/C10H19N3O6.C6H14N2O2.C4H8N2O3.C3H7NO2.C2H5NO2/c1-4(11)9(16)18-3-6(12)10(17)19-5(2)7(13)8(14)15;7-4-2-1-3-5(8)6(9)10;5-1-3(7)9-4(8)2-6;1-2(4)3(5)6;3-1-2(4)5/h4-7H,3,11-13H2,1-2H3,(H,14,15);5H,1-4,7-8H2,(H,9,10);1-2,5-6H2;2H,4H2,1H3,(H,5,6);1,3H2,(H,4,5)/t4-,5+,6-,7-;5-;;2-;/m00.0./s1. The van der Waals surface area contributed by atoms with Gasteiger partial charge in [0, 0.05) is 0 Å². The van der Waals surface area contributed by atoms with E-state index < -0.39 is 90.7 Å². The van der Waals surface area contributed by atoms with Crippen LogP contribution in [0, 0.1) is 0 Å². The summed E-state index contributed by atoms with van der Waals surface area (Å²) in [5.74, 6) is -7.31. The number of aliphatic carboxylic acids is 4. The summed E-state index contributed by atoms with van der Waals surface area (Å²) in [6.07, 6.45) is 1.11. The fraction of sp³-hybridized carbons (Fsp3) is 0.680. The number of unbranched alkanes of at least 4 members (excludes halogenated alkanes) is 1. The Morgan fingerprint density at radius 1 is 0.592 bits per heavy atom. The molecular weight excluding hydrogens is 666 g/mol. The monoisotopic (exact) mass is 719 g/mol. The predicted molar refractivity (Wildman–Crippen MR) is 169 cm³/mol. The quantitative estimate of drug-likeness (QED) is 0.0305. The molecule has 0 radical (unpaired) electrons. The van der Waals surface area contributed by atoms with E-state index in [1.54, 1.807) is 0 Å². The Morgan fingerprint density at radius 2 is 1.02 bits per heavy atom. The first kappa shape index (κ1) is 54.1. The van der Waals surface area contributed by atoms with Crippen molar-refractivity contribution >= 4 is 47.8 Å². The summed E-state index contributed by atoms with van der Waals surface area (Å²) in [5.41, 5.74) is 45.3. The zero-order valence-electron chi connectivity index (χ0n) is 27.6. The molecule has 0 saturated carbocycles. The molecule has 0 heterocycles. The van der Waals surface area contributed by atoms with Crippen molar-refractivity contribution in [1.82, 2.24) is 0 Å². The number of hydrogen-bond acceptors (Lipinski definition) is 20. The largest absolute Gasteiger partial charge is 0.480 e. The van der Waals surface area contributed by atoms with Gasteiger partial charge in [-0.05, 0) is 40.2 Å². The summed E-state index contributed by atoms with van der Waals surface area (Å²) in [6, 6.07) is -4.87. The number of carboxylic acids is 4. The highest BCUT2D eigenvalue weighted by atomic mass is 16.6.